The highest BCUT2D eigenvalue weighted by atomic mass is 32.1. The number of nitrogens with zero attached hydrogens (tertiary/aromatic N) is 3. The number of aryl methyl sites for hydroxylation is 2. The van der Waals surface area contributed by atoms with Gasteiger partial charge in [0.25, 0.3) is 0 Å². The number of hydrogen-bond acceptors (Lipinski definition) is 5. The van der Waals surface area contributed by atoms with Crippen LogP contribution < -0.4 is 5.32 Å². The highest BCUT2D eigenvalue weighted by molar-refractivity contribution is 7.11. The van der Waals surface area contributed by atoms with Gasteiger partial charge in [-0.2, -0.15) is 0 Å². The van der Waals surface area contributed by atoms with Gasteiger partial charge in [-0.05, 0) is 58.9 Å². The van der Waals surface area contributed by atoms with Crippen molar-refractivity contribution in [3.8, 4) is 0 Å². The number of carbonyl (C=O) groups excluding carboxylic acids is 1. The van der Waals surface area contributed by atoms with Gasteiger partial charge in [0.05, 0.1) is 18.2 Å². The Kier molecular flexibility index (Phi) is 5.62. The number of hydrogen-bond donors (Lipinski definition) is 1. The lowest BCUT2D eigenvalue weighted by molar-refractivity contribution is -0.127. The van der Waals surface area contributed by atoms with E-state index in [0.717, 1.165) is 32.6 Å². The summed E-state index contributed by atoms with van der Waals surface area (Å²) in [5.41, 5.74) is 1.18. The summed E-state index contributed by atoms with van der Waals surface area (Å²) in [6.45, 7) is 9.70. The van der Waals surface area contributed by atoms with Gasteiger partial charge in [-0.3, -0.25) is 14.6 Å². The number of aromatic nitrogens is 1. The molecule has 0 bridgehead atoms. The van der Waals surface area contributed by atoms with Crippen molar-refractivity contribution in [3.05, 3.63) is 15.6 Å². The van der Waals surface area contributed by atoms with Crippen molar-refractivity contribution in [3.63, 3.8) is 0 Å². The molecule has 1 N–H and O–H groups in total. The minimum atomic E-state index is 0.212. The lowest BCUT2D eigenvalue weighted by Crippen LogP contribution is -2.50. The normalized spacial score (nSPS) is 26.2. The van der Waals surface area contributed by atoms with Crippen molar-refractivity contribution in [2.45, 2.75) is 71.0 Å². The fourth-order valence-electron chi connectivity index (χ4n) is 4.34. The number of amides is 1. The standard InChI is InChI=1S/C20H32N4OS/c1-14-15(2)26-19(21-14)13-23-10-7-18(8-11-23)24-9-3-4-16(12-24)20(25)22-17-5-6-17/h16-18H,3-13H2,1-2H3,(H,22,25). The van der Waals surface area contributed by atoms with E-state index >= 15 is 0 Å². The predicted octanol–water partition coefficient (Wildman–Crippen LogP) is 2.71. The van der Waals surface area contributed by atoms with Gasteiger partial charge in [-0.25, -0.2) is 4.98 Å². The third kappa shape index (κ3) is 4.46. The van der Waals surface area contributed by atoms with Crippen molar-refractivity contribution < 1.29 is 4.79 Å². The average Bonchev–Trinajstić information content (AvgIpc) is 3.40. The van der Waals surface area contributed by atoms with E-state index in [2.05, 4.69) is 29.0 Å². The maximum Gasteiger partial charge on any atom is 0.224 e. The molecule has 0 radical (unpaired) electrons. The average molecular weight is 377 g/mol. The van der Waals surface area contributed by atoms with E-state index in [0.29, 0.717) is 18.0 Å². The molecule has 26 heavy (non-hydrogen) atoms. The molecule has 1 saturated carbocycles. The Morgan fingerprint density at radius 3 is 2.58 bits per heavy atom. The Bertz CT molecular complexity index is 614. The number of nitrogens with one attached hydrogen (secondary N) is 1. The summed E-state index contributed by atoms with van der Waals surface area (Å²) in [4.78, 5) is 23.6. The van der Waals surface area contributed by atoms with Crippen LogP contribution in [0, 0.1) is 19.8 Å². The van der Waals surface area contributed by atoms with Crippen LogP contribution >= 0.6 is 11.3 Å². The molecule has 3 fully saturated rings. The molecule has 1 atom stereocenters. The van der Waals surface area contributed by atoms with Gasteiger partial charge in [0.2, 0.25) is 5.91 Å². The molecule has 4 rings (SSSR count). The van der Waals surface area contributed by atoms with E-state index in [9.17, 15) is 4.79 Å². The number of thiazole rings is 1. The minimum Gasteiger partial charge on any atom is -0.353 e. The molecular weight excluding hydrogens is 344 g/mol. The van der Waals surface area contributed by atoms with Gasteiger partial charge in [-0.15, -0.1) is 11.3 Å². The summed E-state index contributed by atoms with van der Waals surface area (Å²) in [7, 11) is 0. The molecule has 1 unspecified atom stereocenters. The second kappa shape index (κ2) is 7.95. The summed E-state index contributed by atoms with van der Waals surface area (Å²) in [5.74, 6) is 0.521. The Labute approximate surface area is 161 Å². The van der Waals surface area contributed by atoms with Crippen molar-refractivity contribution in [1.29, 1.82) is 0 Å². The molecule has 144 valence electrons. The lowest BCUT2D eigenvalue weighted by Gasteiger charge is -2.41. The summed E-state index contributed by atoms with van der Waals surface area (Å²) in [6, 6.07) is 1.14. The first-order chi connectivity index (χ1) is 12.6. The first kappa shape index (κ1) is 18.4. The monoisotopic (exact) mass is 376 g/mol. The van der Waals surface area contributed by atoms with Crippen molar-refractivity contribution in [2.75, 3.05) is 26.2 Å². The molecule has 2 saturated heterocycles. The topological polar surface area (TPSA) is 48.5 Å². The molecule has 1 aliphatic carbocycles. The lowest BCUT2D eigenvalue weighted by atomic mass is 9.93. The van der Waals surface area contributed by atoms with E-state index in [1.165, 1.54) is 54.2 Å². The second-order valence-electron chi connectivity index (χ2n) is 8.37. The minimum absolute atomic E-state index is 0.212. The van der Waals surface area contributed by atoms with Gasteiger partial charge in [0, 0.05) is 36.6 Å². The Balaban J connectivity index is 1.25. The number of piperidine rings is 2. The molecule has 0 aromatic carbocycles. The van der Waals surface area contributed by atoms with Crippen molar-refractivity contribution in [2.24, 2.45) is 5.92 Å². The molecule has 0 spiro atoms. The van der Waals surface area contributed by atoms with E-state index in [4.69, 9.17) is 4.98 Å². The molecular formula is C20H32N4OS. The third-order valence-corrected chi connectivity index (χ3v) is 7.31. The maximum atomic E-state index is 12.4. The largest absolute Gasteiger partial charge is 0.353 e. The molecule has 5 nitrogen and oxygen atoms in total. The summed E-state index contributed by atoms with van der Waals surface area (Å²) in [6.07, 6.45) is 7.04. The van der Waals surface area contributed by atoms with Gasteiger partial charge in [0.1, 0.15) is 5.01 Å². The summed E-state index contributed by atoms with van der Waals surface area (Å²) >= 11 is 1.84. The number of carbonyl (C=O) groups is 1. The fraction of sp³-hybridized carbons (Fsp3) is 0.800. The van der Waals surface area contributed by atoms with Crippen LogP contribution in [-0.2, 0) is 11.3 Å². The van der Waals surface area contributed by atoms with Crippen molar-refractivity contribution in [1.82, 2.24) is 20.1 Å². The van der Waals surface area contributed by atoms with Crippen LogP contribution in [0.25, 0.3) is 0 Å². The van der Waals surface area contributed by atoms with Crippen LogP contribution in [0.15, 0.2) is 0 Å². The molecule has 1 aromatic rings. The number of likely N-dealkylation sites (tertiary alicyclic amines) is 2. The summed E-state index contributed by atoms with van der Waals surface area (Å²) < 4.78 is 0. The number of rotatable bonds is 5. The smallest absolute Gasteiger partial charge is 0.224 e. The SMILES string of the molecule is Cc1nc(CN2CCC(N3CCCC(C(=O)NC4CC4)C3)CC2)sc1C. The molecule has 1 amide bonds. The molecule has 3 heterocycles. The molecule has 3 aliphatic rings. The fourth-order valence-corrected chi connectivity index (χ4v) is 5.32. The molecule has 2 aliphatic heterocycles. The molecule has 1 aromatic heterocycles. The van der Waals surface area contributed by atoms with Crippen LogP contribution in [0.1, 0.15) is 54.1 Å². The zero-order valence-electron chi connectivity index (χ0n) is 16.2. The predicted molar refractivity (Wildman–Crippen MR) is 105 cm³/mol. The van der Waals surface area contributed by atoms with Crippen LogP contribution in [0.4, 0.5) is 0 Å². The Hall–Kier alpha value is -0.980. The highest BCUT2D eigenvalue weighted by Crippen LogP contribution is 2.27. The van der Waals surface area contributed by atoms with Gasteiger partial charge < -0.3 is 5.32 Å². The Morgan fingerprint density at radius 2 is 1.92 bits per heavy atom. The van der Waals surface area contributed by atoms with Crippen LogP contribution in [0.3, 0.4) is 0 Å². The van der Waals surface area contributed by atoms with E-state index in [1.54, 1.807) is 0 Å². The second-order valence-corrected chi connectivity index (χ2v) is 9.66. The zero-order valence-corrected chi connectivity index (χ0v) is 17.0. The zero-order chi connectivity index (χ0) is 18.1. The van der Waals surface area contributed by atoms with Crippen molar-refractivity contribution >= 4 is 17.2 Å². The first-order valence-corrected chi connectivity index (χ1v) is 11.1. The highest BCUT2D eigenvalue weighted by Gasteiger charge is 2.33. The first-order valence-electron chi connectivity index (χ1n) is 10.3. The van der Waals surface area contributed by atoms with Gasteiger partial charge in [-0.1, -0.05) is 0 Å². The van der Waals surface area contributed by atoms with Crippen LogP contribution in [0.2, 0.25) is 0 Å². The quantitative estimate of drug-likeness (QED) is 0.858. The Morgan fingerprint density at radius 1 is 1.15 bits per heavy atom. The summed E-state index contributed by atoms with van der Waals surface area (Å²) in [5, 5.41) is 4.47. The van der Waals surface area contributed by atoms with E-state index in [1.807, 2.05) is 11.3 Å². The van der Waals surface area contributed by atoms with Gasteiger partial charge in [0.15, 0.2) is 0 Å². The van der Waals surface area contributed by atoms with E-state index in [-0.39, 0.29) is 5.92 Å². The third-order valence-electron chi connectivity index (χ3n) is 6.25. The molecule has 6 heteroatoms. The maximum absolute atomic E-state index is 12.4. The van der Waals surface area contributed by atoms with Gasteiger partial charge >= 0.3 is 0 Å². The van der Waals surface area contributed by atoms with E-state index < -0.39 is 0 Å². The van der Waals surface area contributed by atoms with Crippen LogP contribution in [-0.4, -0.2) is 59.0 Å². The van der Waals surface area contributed by atoms with Crippen LogP contribution in [0.5, 0.6) is 0 Å².